The van der Waals surface area contributed by atoms with E-state index in [-0.39, 0.29) is 11.3 Å². The van der Waals surface area contributed by atoms with Gasteiger partial charge in [-0.1, -0.05) is 12.1 Å². The maximum absolute atomic E-state index is 11.8. The highest BCUT2D eigenvalue weighted by Crippen LogP contribution is 2.08. The van der Waals surface area contributed by atoms with Gasteiger partial charge in [0.2, 0.25) is 15.9 Å². The Labute approximate surface area is 117 Å². The Hall–Kier alpha value is -1.93. The van der Waals surface area contributed by atoms with Crippen LogP contribution in [0.4, 0.5) is 0 Å². The molecule has 0 aromatic heterocycles. The molecule has 0 spiro atoms. The number of rotatable bonds is 6. The molecule has 0 aliphatic rings. The predicted molar refractivity (Wildman–Crippen MR) is 72.7 cm³/mol. The van der Waals surface area contributed by atoms with E-state index in [2.05, 4.69) is 10.0 Å². The highest BCUT2D eigenvalue weighted by molar-refractivity contribution is 7.88. The van der Waals surface area contributed by atoms with Crippen LogP contribution in [0, 0.1) is 0 Å². The van der Waals surface area contributed by atoms with Gasteiger partial charge >= 0.3 is 5.97 Å². The zero-order valence-electron chi connectivity index (χ0n) is 11.1. The van der Waals surface area contributed by atoms with Gasteiger partial charge in [0.15, 0.2) is 0 Å². The van der Waals surface area contributed by atoms with E-state index in [1.165, 1.54) is 38.2 Å². The van der Waals surface area contributed by atoms with Crippen molar-refractivity contribution in [3.63, 3.8) is 0 Å². The molecule has 0 saturated carbocycles. The summed E-state index contributed by atoms with van der Waals surface area (Å²) >= 11 is 0. The molecule has 0 aliphatic heterocycles. The number of nitrogens with one attached hydrogen (secondary N) is 2. The first-order chi connectivity index (χ1) is 9.25. The molecule has 0 bridgehead atoms. The highest BCUT2D eigenvalue weighted by atomic mass is 32.2. The van der Waals surface area contributed by atoms with E-state index in [9.17, 15) is 18.0 Å². The first-order valence-corrected chi connectivity index (χ1v) is 7.44. The van der Waals surface area contributed by atoms with Gasteiger partial charge in [-0.25, -0.2) is 17.9 Å². The van der Waals surface area contributed by atoms with E-state index in [0.717, 1.165) is 0 Å². The maximum atomic E-state index is 11.8. The molecule has 20 heavy (non-hydrogen) atoms. The summed E-state index contributed by atoms with van der Waals surface area (Å²) in [7, 11) is -2.27. The molecule has 3 N–H and O–H groups in total. The van der Waals surface area contributed by atoms with E-state index >= 15 is 0 Å². The number of carbonyl (C=O) groups excluding carboxylic acids is 1. The van der Waals surface area contributed by atoms with E-state index in [1.807, 2.05) is 0 Å². The Morgan fingerprint density at radius 2 is 1.80 bits per heavy atom. The second kappa shape index (κ2) is 6.49. The van der Waals surface area contributed by atoms with Crippen molar-refractivity contribution in [1.29, 1.82) is 0 Å². The van der Waals surface area contributed by atoms with Gasteiger partial charge in [-0.05, 0) is 24.6 Å². The Bertz CT molecular complexity index is 595. The summed E-state index contributed by atoms with van der Waals surface area (Å²) in [5.41, 5.74) is 0.518. The smallest absolute Gasteiger partial charge is 0.335 e. The van der Waals surface area contributed by atoms with Gasteiger partial charge in [0.1, 0.15) is 0 Å². The lowest BCUT2D eigenvalue weighted by molar-refractivity contribution is -0.121. The monoisotopic (exact) mass is 300 g/mol. The molecule has 7 nitrogen and oxygen atoms in total. The number of hydrogen-bond donors (Lipinski definition) is 3. The minimum Gasteiger partial charge on any atom is -0.478 e. The van der Waals surface area contributed by atoms with E-state index in [4.69, 9.17) is 5.11 Å². The van der Waals surface area contributed by atoms with Crippen LogP contribution in [0.15, 0.2) is 24.3 Å². The van der Waals surface area contributed by atoms with Gasteiger partial charge in [0.25, 0.3) is 0 Å². The lowest BCUT2D eigenvalue weighted by Crippen LogP contribution is -2.43. The number of carbonyl (C=O) groups is 2. The summed E-state index contributed by atoms with van der Waals surface area (Å²) in [5, 5.41) is 11.1. The number of benzene rings is 1. The van der Waals surface area contributed by atoms with Crippen LogP contribution in [-0.4, -0.2) is 38.5 Å². The summed E-state index contributed by atoms with van der Waals surface area (Å²) in [6.45, 7) is 1.43. The maximum Gasteiger partial charge on any atom is 0.335 e. The van der Waals surface area contributed by atoms with Gasteiger partial charge in [-0.15, -0.1) is 0 Å². The summed E-state index contributed by atoms with van der Waals surface area (Å²) in [5.74, 6) is -1.84. The molecular formula is C12H16N2O5S. The van der Waals surface area contributed by atoms with Gasteiger partial charge in [-0.3, -0.25) is 4.79 Å². The number of aromatic carboxylic acids is 1. The van der Waals surface area contributed by atoms with Crippen LogP contribution >= 0.6 is 0 Å². The second-order valence-corrected chi connectivity index (χ2v) is 5.97. The van der Waals surface area contributed by atoms with Crippen LogP contribution in [0.1, 0.15) is 22.8 Å². The summed E-state index contributed by atoms with van der Waals surface area (Å²) in [6.07, 6.45) is 0. The molecule has 1 aromatic carbocycles. The van der Waals surface area contributed by atoms with Crippen molar-refractivity contribution in [2.24, 2.45) is 0 Å². The van der Waals surface area contributed by atoms with Crippen LogP contribution in [0.3, 0.4) is 0 Å². The number of hydrogen-bond acceptors (Lipinski definition) is 4. The fourth-order valence-corrected chi connectivity index (χ4v) is 2.90. The van der Waals surface area contributed by atoms with Crippen molar-refractivity contribution >= 4 is 21.9 Å². The molecule has 0 radical (unpaired) electrons. The summed E-state index contributed by atoms with van der Waals surface area (Å²) in [4.78, 5) is 21.9. The summed E-state index contributed by atoms with van der Waals surface area (Å²) in [6, 6.07) is 4.63. The highest BCUT2D eigenvalue weighted by Gasteiger charge is 2.19. The van der Waals surface area contributed by atoms with E-state index in [1.54, 1.807) is 0 Å². The molecule has 0 heterocycles. The molecule has 1 amide bonds. The van der Waals surface area contributed by atoms with Crippen molar-refractivity contribution in [1.82, 2.24) is 10.0 Å². The third-order valence-corrected chi connectivity index (χ3v) is 3.98. The minimum absolute atomic E-state index is 0.0813. The minimum atomic E-state index is -3.68. The fraction of sp³-hybridized carbons (Fsp3) is 0.333. The molecule has 1 rings (SSSR count). The van der Waals surface area contributed by atoms with Gasteiger partial charge < -0.3 is 10.4 Å². The SMILES string of the molecule is CNC(=O)C(C)NS(=O)(=O)Cc1ccc(C(=O)O)cc1. The lowest BCUT2D eigenvalue weighted by atomic mass is 10.1. The van der Waals surface area contributed by atoms with E-state index < -0.39 is 27.9 Å². The largest absolute Gasteiger partial charge is 0.478 e. The average molecular weight is 300 g/mol. The first kappa shape index (κ1) is 16.1. The lowest BCUT2D eigenvalue weighted by Gasteiger charge is -2.12. The second-order valence-electron chi connectivity index (χ2n) is 4.21. The molecule has 0 aliphatic carbocycles. The van der Waals surface area contributed by atoms with Crippen LogP contribution in [0.25, 0.3) is 0 Å². The molecule has 1 aromatic rings. The van der Waals surface area contributed by atoms with Crippen LogP contribution in [0.5, 0.6) is 0 Å². The zero-order chi connectivity index (χ0) is 15.3. The molecule has 1 atom stereocenters. The number of likely N-dealkylation sites (N-methyl/N-ethyl adjacent to an activating group) is 1. The molecule has 110 valence electrons. The van der Waals surface area contributed by atoms with Gasteiger partial charge in [0.05, 0.1) is 17.4 Å². The van der Waals surface area contributed by atoms with Crippen molar-refractivity contribution in [3.8, 4) is 0 Å². The first-order valence-electron chi connectivity index (χ1n) is 5.79. The molecule has 0 fully saturated rings. The zero-order valence-corrected chi connectivity index (χ0v) is 11.9. The standard InChI is InChI=1S/C12H16N2O5S/c1-8(11(15)13-2)14-20(18,19)7-9-3-5-10(6-4-9)12(16)17/h3-6,8,14H,7H2,1-2H3,(H,13,15)(H,16,17). The average Bonchev–Trinajstić information content (AvgIpc) is 2.37. The fourth-order valence-electron chi connectivity index (χ4n) is 1.54. The normalized spacial score (nSPS) is 12.7. The van der Waals surface area contributed by atoms with Crippen molar-refractivity contribution in [2.45, 2.75) is 18.7 Å². The Kier molecular flexibility index (Phi) is 5.23. The van der Waals surface area contributed by atoms with Crippen LogP contribution in [0.2, 0.25) is 0 Å². The number of carboxylic acids is 1. The van der Waals surface area contributed by atoms with Crippen LogP contribution < -0.4 is 10.0 Å². The quantitative estimate of drug-likeness (QED) is 0.681. The third kappa shape index (κ3) is 4.63. The van der Waals surface area contributed by atoms with Gasteiger partial charge in [0, 0.05) is 7.05 Å². The predicted octanol–water partition coefficient (Wildman–Crippen LogP) is -0.0613. The molecule has 0 saturated heterocycles. The third-order valence-electron chi connectivity index (χ3n) is 2.55. The molecule has 8 heteroatoms. The Morgan fingerprint density at radius 1 is 1.25 bits per heavy atom. The van der Waals surface area contributed by atoms with Crippen molar-refractivity contribution in [2.75, 3.05) is 7.05 Å². The summed E-state index contributed by atoms with van der Waals surface area (Å²) < 4.78 is 25.9. The van der Waals surface area contributed by atoms with Crippen molar-refractivity contribution in [3.05, 3.63) is 35.4 Å². The Balaban J connectivity index is 2.76. The van der Waals surface area contributed by atoms with Crippen LogP contribution in [-0.2, 0) is 20.6 Å². The topological polar surface area (TPSA) is 113 Å². The van der Waals surface area contributed by atoms with Crippen molar-refractivity contribution < 1.29 is 23.1 Å². The Morgan fingerprint density at radius 3 is 2.25 bits per heavy atom. The number of carboxylic acid groups (broad SMARTS) is 1. The van der Waals surface area contributed by atoms with Gasteiger partial charge in [-0.2, -0.15) is 0 Å². The number of amides is 1. The molecular weight excluding hydrogens is 284 g/mol. The molecule has 1 unspecified atom stereocenters. The van der Waals surface area contributed by atoms with E-state index in [0.29, 0.717) is 5.56 Å². The number of sulfonamides is 1.